The van der Waals surface area contributed by atoms with Crippen LogP contribution in [0, 0.1) is 22.7 Å². The van der Waals surface area contributed by atoms with Gasteiger partial charge in [-0.1, -0.05) is 70.7 Å². The molecule has 0 unspecified atom stereocenters. The highest BCUT2D eigenvalue weighted by Gasteiger charge is 2.48. The molecule has 6 bridgehead atoms. The molecular formula is C54H67N7O9. The second-order valence-corrected chi connectivity index (χ2v) is 20.7. The molecule has 4 N–H and O–H groups in total. The number of hydrogen-bond donors (Lipinski definition) is 4. The molecule has 0 saturated carbocycles. The number of nitrogens with zero attached hydrogens (tertiary/aromatic N) is 5. The quantitative estimate of drug-likeness (QED) is 0.111. The van der Waals surface area contributed by atoms with Gasteiger partial charge in [0.15, 0.2) is 5.60 Å². The number of aromatic hydroxyl groups is 1. The standard InChI is InChI=1S/C54H67N7O9/c1-10-45(63)59-22-20-54(68,31-59)51(67)58(8)46(33(2)3)48(64)56-43-26-34-24-37(27-38(62)25-34)36-17-18-44-40(28-36)41(29-52(4,5)32-70-50(66)42-16-13-21-60(57-42)49(43)65)47(61(44)53(6,7)30-55)39-15-12-11-14-35(39)19-23-69-9/h10-12,14-15,17-18,24-25,27-28,33,42-43,46,57,62,68H,1,13,16,19-23,26,29,31-32H2,2-9H3,(H,56,64)/t42-,43-,46-,54+/m0/s1. The molecule has 0 radical (unpaired) electrons. The minimum Gasteiger partial charge on any atom is -0.508 e. The summed E-state index contributed by atoms with van der Waals surface area (Å²) in [5, 5.41) is 38.8. The molecule has 70 heavy (non-hydrogen) atoms. The fraction of sp³-hybridized carbons (Fsp3) is 0.481. The number of aromatic nitrogens is 1. The average molecular weight is 958 g/mol. The third kappa shape index (κ3) is 10.5. The SMILES string of the molecule is C=CC(=O)N1CC[C@](O)(C(=O)N(C)[C@H](C(=O)N[C@H]2Cc3cc(O)cc(c3)-c3ccc4c(c3)c(c(-c3ccccc3CCOC)n4C(C)(C)C#N)CC(C)(C)COC(=O)[C@@H]3CCCN(N3)C2=O)C(C)C)C1. The highest BCUT2D eigenvalue weighted by Crippen LogP contribution is 2.44. The molecule has 16 heteroatoms. The van der Waals surface area contributed by atoms with Gasteiger partial charge in [0, 0.05) is 56.5 Å². The number of cyclic esters (lactones) is 1. The number of nitrogens with one attached hydrogen (secondary N) is 2. The van der Waals surface area contributed by atoms with E-state index in [0.717, 1.165) is 44.9 Å². The van der Waals surface area contributed by atoms with Crippen molar-refractivity contribution < 1.29 is 43.7 Å². The molecule has 4 aromatic rings. The number of benzene rings is 3. The van der Waals surface area contributed by atoms with E-state index in [-0.39, 0.29) is 44.8 Å². The van der Waals surface area contributed by atoms with Crippen LogP contribution in [0.1, 0.15) is 77.5 Å². The van der Waals surface area contributed by atoms with Gasteiger partial charge in [-0.05, 0) is 104 Å². The van der Waals surface area contributed by atoms with Crippen LogP contribution in [0.4, 0.5) is 0 Å². The number of amides is 4. The summed E-state index contributed by atoms with van der Waals surface area (Å²) in [6.45, 7) is 15.4. The zero-order valence-electron chi connectivity index (χ0n) is 41.6. The zero-order chi connectivity index (χ0) is 50.9. The van der Waals surface area contributed by atoms with Gasteiger partial charge < -0.3 is 39.4 Å². The van der Waals surface area contributed by atoms with Crippen LogP contribution in [0.2, 0.25) is 0 Å². The lowest BCUT2D eigenvalue weighted by Gasteiger charge is -2.37. The van der Waals surface area contributed by atoms with Gasteiger partial charge in [-0.25, -0.2) is 5.43 Å². The first-order valence-corrected chi connectivity index (χ1v) is 24.1. The van der Waals surface area contributed by atoms with Crippen LogP contribution in [0.5, 0.6) is 5.75 Å². The molecule has 4 heterocycles. The number of rotatable bonds is 11. The molecule has 0 aliphatic carbocycles. The Balaban J connectivity index is 1.35. The summed E-state index contributed by atoms with van der Waals surface area (Å²) < 4.78 is 13.7. The van der Waals surface area contributed by atoms with E-state index < -0.39 is 70.2 Å². The third-order valence-electron chi connectivity index (χ3n) is 13.9. The predicted octanol–water partition coefficient (Wildman–Crippen LogP) is 5.41. The van der Waals surface area contributed by atoms with E-state index >= 15 is 0 Å². The maximum atomic E-state index is 14.8. The molecule has 0 spiro atoms. The van der Waals surface area contributed by atoms with Gasteiger partial charge in [0.1, 0.15) is 29.4 Å². The van der Waals surface area contributed by atoms with Gasteiger partial charge in [0.25, 0.3) is 11.8 Å². The molecule has 1 aromatic heterocycles. The Morgan fingerprint density at radius 2 is 1.84 bits per heavy atom. The Kier molecular flexibility index (Phi) is 15.0. The van der Waals surface area contributed by atoms with Gasteiger partial charge >= 0.3 is 5.97 Å². The second kappa shape index (κ2) is 20.4. The Bertz CT molecular complexity index is 2740. The van der Waals surface area contributed by atoms with Gasteiger partial charge in [0.05, 0.1) is 37.0 Å². The number of aliphatic hydroxyl groups is 1. The maximum Gasteiger partial charge on any atom is 0.324 e. The first-order valence-electron chi connectivity index (χ1n) is 24.1. The first kappa shape index (κ1) is 51.3. The van der Waals surface area contributed by atoms with Crippen molar-refractivity contribution in [3.8, 4) is 34.2 Å². The van der Waals surface area contributed by atoms with Crippen molar-refractivity contribution in [3.63, 3.8) is 0 Å². The van der Waals surface area contributed by atoms with E-state index in [1.807, 2.05) is 58.0 Å². The van der Waals surface area contributed by atoms with Crippen LogP contribution >= 0.6 is 0 Å². The molecule has 2 saturated heterocycles. The Hall–Kier alpha value is -6.54. The lowest BCUT2D eigenvalue weighted by molar-refractivity contribution is -0.156. The molecule has 4 amide bonds. The maximum absolute atomic E-state index is 14.8. The Labute approximate surface area is 410 Å². The Morgan fingerprint density at radius 3 is 2.54 bits per heavy atom. The molecule has 16 nitrogen and oxygen atoms in total. The van der Waals surface area contributed by atoms with E-state index in [9.17, 15) is 39.4 Å². The summed E-state index contributed by atoms with van der Waals surface area (Å²) in [7, 11) is 3.08. The van der Waals surface area contributed by atoms with Gasteiger partial charge in [-0.15, -0.1) is 0 Å². The van der Waals surface area contributed by atoms with Crippen LogP contribution in [0.3, 0.4) is 0 Å². The number of hydrogen-bond acceptors (Lipinski definition) is 11. The lowest BCUT2D eigenvalue weighted by Crippen LogP contribution is -2.63. The van der Waals surface area contributed by atoms with Gasteiger partial charge in [-0.2, -0.15) is 5.26 Å². The normalized spacial score (nSPS) is 21.2. The zero-order valence-corrected chi connectivity index (χ0v) is 41.6. The number of esters is 1. The number of carbonyl (C=O) groups is 5. The molecule has 372 valence electrons. The number of hydrazine groups is 1. The number of phenols is 1. The van der Waals surface area contributed by atoms with Crippen LogP contribution in [-0.2, 0) is 58.2 Å². The molecule has 7 rings (SSSR count). The topological polar surface area (TPSA) is 207 Å². The van der Waals surface area contributed by atoms with Crippen LogP contribution in [0.25, 0.3) is 33.3 Å². The van der Waals surface area contributed by atoms with Gasteiger partial charge in [-0.3, -0.25) is 29.0 Å². The first-order chi connectivity index (χ1) is 33.1. The molecule has 3 aromatic carbocycles. The van der Waals surface area contributed by atoms with E-state index in [1.54, 1.807) is 27.0 Å². The van der Waals surface area contributed by atoms with E-state index in [2.05, 4.69) is 46.2 Å². The second-order valence-electron chi connectivity index (χ2n) is 20.7. The summed E-state index contributed by atoms with van der Waals surface area (Å²) in [6, 6.07) is 18.4. The van der Waals surface area contributed by atoms with Crippen molar-refractivity contribution in [1.82, 2.24) is 30.1 Å². The summed E-state index contributed by atoms with van der Waals surface area (Å²) in [5.41, 5.74) is 6.01. The van der Waals surface area contributed by atoms with E-state index in [0.29, 0.717) is 43.4 Å². The molecule has 3 aliphatic heterocycles. The number of carbonyl (C=O) groups excluding carboxylic acids is 5. The van der Waals surface area contributed by atoms with Crippen LogP contribution in [0.15, 0.2) is 73.3 Å². The van der Waals surface area contributed by atoms with Crippen molar-refractivity contribution >= 4 is 40.5 Å². The van der Waals surface area contributed by atoms with E-state index in [4.69, 9.17) is 9.47 Å². The monoisotopic (exact) mass is 958 g/mol. The number of likely N-dealkylation sites (N-methyl/N-ethyl adjacent to an activating group) is 1. The number of nitriles is 1. The van der Waals surface area contributed by atoms with Crippen LogP contribution in [-0.4, -0.2) is 130 Å². The minimum absolute atomic E-state index is 0.0336. The smallest absolute Gasteiger partial charge is 0.324 e. The van der Waals surface area contributed by atoms with Crippen molar-refractivity contribution in [2.75, 3.05) is 47.0 Å². The number of β-amino-alcohol motifs (C(OH)–C–C–N with tert-alkyl or cyclic N) is 1. The molecule has 3 aliphatic rings. The minimum atomic E-state index is -1.94. The van der Waals surface area contributed by atoms with Crippen molar-refractivity contribution in [2.45, 2.75) is 109 Å². The fourth-order valence-electron chi connectivity index (χ4n) is 10.3. The number of likely N-dealkylation sites (tertiary alicyclic amines) is 1. The number of methoxy groups -OCH3 is 1. The average Bonchev–Trinajstić information content (AvgIpc) is 3.89. The molecule has 2 fully saturated rings. The summed E-state index contributed by atoms with van der Waals surface area (Å²) >= 11 is 0. The molecular weight excluding hydrogens is 891 g/mol. The fourth-order valence-corrected chi connectivity index (χ4v) is 10.3. The Morgan fingerprint density at radius 1 is 1.10 bits per heavy atom. The van der Waals surface area contributed by atoms with Crippen molar-refractivity contribution in [3.05, 3.63) is 90.0 Å². The number of ether oxygens (including phenoxy) is 2. The van der Waals surface area contributed by atoms with Gasteiger partial charge in [0.2, 0.25) is 11.8 Å². The molecule has 4 atom stereocenters. The highest BCUT2D eigenvalue weighted by atomic mass is 16.5. The summed E-state index contributed by atoms with van der Waals surface area (Å²) in [5.74, 6) is -3.49. The summed E-state index contributed by atoms with van der Waals surface area (Å²) in [6.07, 6.45) is 2.90. The van der Waals surface area contributed by atoms with Crippen molar-refractivity contribution in [1.29, 1.82) is 5.26 Å². The predicted molar refractivity (Wildman–Crippen MR) is 265 cm³/mol. The largest absolute Gasteiger partial charge is 0.508 e. The highest BCUT2D eigenvalue weighted by molar-refractivity contribution is 5.97. The third-order valence-corrected chi connectivity index (χ3v) is 13.9. The lowest BCUT2D eigenvalue weighted by atomic mass is 9.83. The van der Waals surface area contributed by atoms with Crippen molar-refractivity contribution in [2.24, 2.45) is 11.3 Å². The summed E-state index contributed by atoms with van der Waals surface area (Å²) in [4.78, 5) is 72.3. The van der Waals surface area contributed by atoms with Crippen LogP contribution < -0.4 is 10.7 Å². The van der Waals surface area contributed by atoms with E-state index in [1.165, 1.54) is 27.9 Å². The number of fused-ring (bicyclic) bond motifs is 6. The number of phenolic OH excluding ortho intramolecular Hbond substituents is 1.